The van der Waals surface area contributed by atoms with Crippen LogP contribution in [0, 0.1) is 19.8 Å². The van der Waals surface area contributed by atoms with Crippen LogP contribution in [0.4, 0.5) is 0 Å². The summed E-state index contributed by atoms with van der Waals surface area (Å²) in [6, 6.07) is 15.3. The Morgan fingerprint density at radius 1 is 1.12 bits per heavy atom. The van der Waals surface area contributed by atoms with Crippen molar-refractivity contribution in [2.24, 2.45) is 10.9 Å². The molecule has 2 aromatic rings. The Kier molecular flexibility index (Phi) is 11.4. The molecule has 7 heteroatoms. The lowest BCUT2D eigenvalue weighted by molar-refractivity contribution is 0.166. The van der Waals surface area contributed by atoms with Crippen molar-refractivity contribution in [2.45, 2.75) is 32.9 Å². The SMILES string of the molecule is CN=C(NCc1ccc(C)cc1OCC1CCOC1)NCC(c1ccc(C)cc1)N(C)C.I. The summed E-state index contributed by atoms with van der Waals surface area (Å²) in [5.41, 5.74) is 4.88. The zero-order valence-corrected chi connectivity index (χ0v) is 22.9. The van der Waals surface area contributed by atoms with Crippen LogP contribution in [0.15, 0.2) is 47.5 Å². The molecule has 0 bridgehead atoms. The van der Waals surface area contributed by atoms with Gasteiger partial charge < -0.3 is 25.0 Å². The van der Waals surface area contributed by atoms with E-state index in [4.69, 9.17) is 9.47 Å². The van der Waals surface area contributed by atoms with Crippen LogP contribution in [-0.2, 0) is 11.3 Å². The molecule has 182 valence electrons. The number of benzene rings is 2. The number of hydrogen-bond acceptors (Lipinski definition) is 4. The molecule has 1 aliphatic heterocycles. The van der Waals surface area contributed by atoms with Crippen LogP contribution < -0.4 is 15.4 Å². The molecule has 33 heavy (non-hydrogen) atoms. The number of halogens is 1. The maximum atomic E-state index is 6.18. The van der Waals surface area contributed by atoms with Gasteiger partial charge in [-0.3, -0.25) is 4.99 Å². The minimum atomic E-state index is 0. The van der Waals surface area contributed by atoms with Crippen LogP contribution in [0.25, 0.3) is 0 Å². The molecule has 0 aromatic heterocycles. The van der Waals surface area contributed by atoms with E-state index in [1.165, 1.54) is 16.7 Å². The Bertz CT molecular complexity index is 880. The van der Waals surface area contributed by atoms with Gasteiger partial charge in [-0.2, -0.15) is 0 Å². The first kappa shape index (κ1) is 27.4. The maximum Gasteiger partial charge on any atom is 0.191 e. The van der Waals surface area contributed by atoms with Gasteiger partial charge in [0.05, 0.1) is 19.3 Å². The van der Waals surface area contributed by atoms with E-state index >= 15 is 0 Å². The Labute approximate surface area is 216 Å². The van der Waals surface area contributed by atoms with Crippen molar-refractivity contribution in [3.05, 3.63) is 64.7 Å². The van der Waals surface area contributed by atoms with E-state index in [9.17, 15) is 0 Å². The molecule has 6 nitrogen and oxygen atoms in total. The number of hydrogen-bond donors (Lipinski definition) is 2. The minimum Gasteiger partial charge on any atom is -0.493 e. The van der Waals surface area contributed by atoms with Gasteiger partial charge in [-0.1, -0.05) is 42.0 Å². The largest absolute Gasteiger partial charge is 0.493 e. The van der Waals surface area contributed by atoms with Gasteiger partial charge in [0.25, 0.3) is 0 Å². The highest BCUT2D eigenvalue weighted by Gasteiger charge is 2.18. The molecule has 1 fully saturated rings. The lowest BCUT2D eigenvalue weighted by Gasteiger charge is -2.26. The minimum absolute atomic E-state index is 0. The van der Waals surface area contributed by atoms with E-state index in [1.807, 2.05) is 0 Å². The first-order valence-corrected chi connectivity index (χ1v) is 11.4. The number of likely N-dealkylation sites (N-methyl/N-ethyl adjacent to an activating group) is 1. The van der Waals surface area contributed by atoms with Crippen LogP contribution in [0.2, 0.25) is 0 Å². The fourth-order valence-corrected chi connectivity index (χ4v) is 3.84. The summed E-state index contributed by atoms with van der Waals surface area (Å²) in [6.07, 6.45) is 1.07. The first-order chi connectivity index (χ1) is 15.5. The van der Waals surface area contributed by atoms with E-state index in [-0.39, 0.29) is 30.0 Å². The number of nitrogens with zero attached hydrogens (tertiary/aromatic N) is 2. The third-order valence-corrected chi connectivity index (χ3v) is 5.94. The molecule has 0 aliphatic carbocycles. The van der Waals surface area contributed by atoms with Crippen LogP contribution in [0.5, 0.6) is 5.75 Å². The van der Waals surface area contributed by atoms with Crippen molar-refractivity contribution < 1.29 is 9.47 Å². The van der Waals surface area contributed by atoms with Crippen molar-refractivity contribution >= 4 is 29.9 Å². The van der Waals surface area contributed by atoms with E-state index in [1.54, 1.807) is 7.05 Å². The lowest BCUT2D eigenvalue weighted by Crippen LogP contribution is -2.41. The summed E-state index contributed by atoms with van der Waals surface area (Å²) < 4.78 is 11.7. The van der Waals surface area contributed by atoms with Crippen molar-refractivity contribution in [3.63, 3.8) is 0 Å². The van der Waals surface area contributed by atoms with Gasteiger partial charge in [-0.25, -0.2) is 0 Å². The predicted molar refractivity (Wildman–Crippen MR) is 147 cm³/mol. The smallest absolute Gasteiger partial charge is 0.191 e. The van der Waals surface area contributed by atoms with Crippen molar-refractivity contribution in [1.82, 2.24) is 15.5 Å². The Balaban J connectivity index is 0.00000385. The average Bonchev–Trinajstić information content (AvgIpc) is 3.30. The van der Waals surface area contributed by atoms with Gasteiger partial charge in [0.15, 0.2) is 5.96 Å². The number of rotatable bonds is 9. The van der Waals surface area contributed by atoms with E-state index in [0.29, 0.717) is 19.1 Å². The van der Waals surface area contributed by atoms with Crippen molar-refractivity contribution in [1.29, 1.82) is 0 Å². The second kappa shape index (κ2) is 13.8. The highest BCUT2D eigenvalue weighted by Crippen LogP contribution is 2.23. The maximum absolute atomic E-state index is 6.18. The van der Waals surface area contributed by atoms with Gasteiger partial charge in [0, 0.05) is 38.2 Å². The molecule has 2 unspecified atom stereocenters. The number of nitrogens with one attached hydrogen (secondary N) is 2. The molecule has 0 saturated carbocycles. The summed E-state index contributed by atoms with van der Waals surface area (Å²) in [6.45, 7) is 7.95. The molecule has 2 aromatic carbocycles. The molecule has 2 N–H and O–H groups in total. The van der Waals surface area contributed by atoms with Gasteiger partial charge in [-0.05, 0) is 51.6 Å². The third kappa shape index (κ3) is 8.46. The normalized spacial score (nSPS) is 16.9. The Morgan fingerprint density at radius 2 is 1.85 bits per heavy atom. The van der Waals surface area contributed by atoms with E-state index in [2.05, 4.69) is 90.9 Å². The van der Waals surface area contributed by atoms with Crippen molar-refractivity contribution in [3.8, 4) is 5.75 Å². The van der Waals surface area contributed by atoms with Crippen LogP contribution in [0.3, 0.4) is 0 Å². The molecule has 0 amide bonds. The average molecular weight is 567 g/mol. The van der Waals surface area contributed by atoms with Gasteiger partial charge >= 0.3 is 0 Å². The van der Waals surface area contributed by atoms with Crippen LogP contribution >= 0.6 is 24.0 Å². The van der Waals surface area contributed by atoms with Gasteiger partial charge in [0.2, 0.25) is 0 Å². The molecule has 0 spiro atoms. The quantitative estimate of drug-likeness (QED) is 0.269. The monoisotopic (exact) mass is 566 g/mol. The summed E-state index contributed by atoms with van der Waals surface area (Å²) in [5.74, 6) is 2.20. The summed E-state index contributed by atoms with van der Waals surface area (Å²) >= 11 is 0. The molecule has 1 aliphatic rings. The topological polar surface area (TPSA) is 58.1 Å². The number of ether oxygens (including phenoxy) is 2. The standard InChI is InChI=1S/C26H38N4O2.HI/c1-19-6-9-22(10-7-19)24(30(4)5)16-29-26(27-3)28-15-23-11-8-20(2)14-25(23)32-18-21-12-13-31-17-21;/h6-11,14,21,24H,12-13,15-18H2,1-5H3,(H2,27,28,29);1H. The number of guanidine groups is 1. The highest BCUT2D eigenvalue weighted by molar-refractivity contribution is 14.0. The molecule has 0 radical (unpaired) electrons. The van der Waals surface area contributed by atoms with Gasteiger partial charge in [-0.15, -0.1) is 24.0 Å². The molecule has 3 rings (SSSR count). The number of aryl methyl sites for hydroxylation is 2. The Morgan fingerprint density at radius 3 is 2.48 bits per heavy atom. The predicted octanol–water partition coefficient (Wildman–Crippen LogP) is 4.30. The van der Waals surface area contributed by atoms with Crippen molar-refractivity contribution in [2.75, 3.05) is 47.5 Å². The highest BCUT2D eigenvalue weighted by atomic mass is 127. The first-order valence-electron chi connectivity index (χ1n) is 11.4. The third-order valence-electron chi connectivity index (χ3n) is 5.94. The lowest BCUT2D eigenvalue weighted by atomic mass is 10.0. The second-order valence-electron chi connectivity index (χ2n) is 8.85. The summed E-state index contributed by atoms with van der Waals surface area (Å²) in [4.78, 5) is 6.64. The molecule has 1 heterocycles. The molecule has 2 atom stereocenters. The molecular formula is C26H39IN4O2. The van der Waals surface area contributed by atoms with E-state index in [0.717, 1.165) is 43.5 Å². The molecular weight excluding hydrogens is 527 g/mol. The van der Waals surface area contributed by atoms with Crippen LogP contribution in [0.1, 0.15) is 34.7 Å². The fourth-order valence-electron chi connectivity index (χ4n) is 3.84. The Hall–Kier alpha value is -1.84. The summed E-state index contributed by atoms with van der Waals surface area (Å²) in [5, 5.41) is 6.93. The van der Waals surface area contributed by atoms with Gasteiger partial charge in [0.1, 0.15) is 5.75 Å². The van der Waals surface area contributed by atoms with Crippen LogP contribution in [-0.4, -0.2) is 58.4 Å². The second-order valence-corrected chi connectivity index (χ2v) is 8.85. The zero-order chi connectivity index (χ0) is 22.9. The van der Waals surface area contributed by atoms with E-state index < -0.39 is 0 Å². The summed E-state index contributed by atoms with van der Waals surface area (Å²) in [7, 11) is 6.01. The molecule has 1 saturated heterocycles. The zero-order valence-electron chi connectivity index (χ0n) is 20.6. The fraction of sp³-hybridized carbons (Fsp3) is 0.500. The number of aliphatic imine (C=N–C) groups is 1.